The average Bonchev–Trinajstić information content (AvgIpc) is 2.44. The van der Waals surface area contributed by atoms with Crippen LogP contribution in [-0.2, 0) is 0 Å². The van der Waals surface area contributed by atoms with Gasteiger partial charge >= 0.3 is 0 Å². The summed E-state index contributed by atoms with van der Waals surface area (Å²) in [6.07, 6.45) is 2.41. The molecule has 0 radical (unpaired) electrons. The second kappa shape index (κ2) is 5.56. The Kier molecular flexibility index (Phi) is 4.06. The van der Waals surface area contributed by atoms with Crippen LogP contribution in [-0.4, -0.2) is 0 Å². The zero-order valence-corrected chi connectivity index (χ0v) is 12.0. The molecule has 0 fully saturated rings. The van der Waals surface area contributed by atoms with E-state index >= 15 is 0 Å². The third-order valence-corrected chi connectivity index (χ3v) is 4.25. The van der Waals surface area contributed by atoms with E-state index in [1.54, 1.807) is 0 Å². The molecule has 0 aliphatic heterocycles. The van der Waals surface area contributed by atoms with Crippen molar-refractivity contribution < 1.29 is 0 Å². The van der Waals surface area contributed by atoms with Crippen molar-refractivity contribution >= 4 is 10.8 Å². The lowest BCUT2D eigenvalue weighted by molar-refractivity contribution is 0.732. The molecule has 0 heterocycles. The lowest BCUT2D eigenvalue weighted by Gasteiger charge is -2.13. The molecule has 0 bridgehead atoms. The van der Waals surface area contributed by atoms with Gasteiger partial charge in [0.2, 0.25) is 0 Å². The molecule has 2 unspecified atom stereocenters. The maximum atomic E-state index is 2.37. The van der Waals surface area contributed by atoms with Crippen molar-refractivity contribution in [3.8, 4) is 0 Å². The highest BCUT2D eigenvalue weighted by Crippen LogP contribution is 2.27. The maximum absolute atomic E-state index is 2.37. The Bertz CT molecular complexity index is 480. The molecule has 2 aromatic carbocycles. The first-order valence-corrected chi connectivity index (χ1v) is 7.19. The molecule has 96 valence electrons. The summed E-state index contributed by atoms with van der Waals surface area (Å²) < 4.78 is 0. The molecule has 0 nitrogen and oxygen atoms in total. The second-order valence-electron chi connectivity index (χ2n) is 5.48. The Morgan fingerprint density at radius 3 is 1.56 bits per heavy atom. The standard InChI is InChI=1S/C18H24/c1-5-13(3)16-9-7-15-8-10-17(14(4)6-2)12-18(15)11-16/h7-14H,5-6H2,1-4H3. The minimum Gasteiger partial charge on any atom is -0.0648 e. The highest BCUT2D eigenvalue weighted by Gasteiger charge is 2.06. The van der Waals surface area contributed by atoms with E-state index in [-0.39, 0.29) is 0 Å². The van der Waals surface area contributed by atoms with Crippen molar-refractivity contribution in [1.29, 1.82) is 0 Å². The number of fused-ring (bicyclic) bond motifs is 1. The van der Waals surface area contributed by atoms with Gasteiger partial charge in [0.15, 0.2) is 0 Å². The lowest BCUT2D eigenvalue weighted by Crippen LogP contribution is -1.93. The first kappa shape index (κ1) is 13.1. The van der Waals surface area contributed by atoms with Gasteiger partial charge in [-0.15, -0.1) is 0 Å². The van der Waals surface area contributed by atoms with Crippen LogP contribution in [0.5, 0.6) is 0 Å². The van der Waals surface area contributed by atoms with Crippen LogP contribution in [0.1, 0.15) is 63.5 Å². The van der Waals surface area contributed by atoms with Crippen molar-refractivity contribution in [2.75, 3.05) is 0 Å². The summed E-state index contributed by atoms with van der Waals surface area (Å²) in [5.41, 5.74) is 2.93. The Balaban J connectivity index is 2.46. The van der Waals surface area contributed by atoms with E-state index < -0.39 is 0 Å². The minimum atomic E-state index is 0.654. The van der Waals surface area contributed by atoms with Gasteiger partial charge in [-0.1, -0.05) is 64.1 Å². The Morgan fingerprint density at radius 2 is 1.17 bits per heavy atom. The molecule has 0 spiro atoms. The summed E-state index contributed by atoms with van der Waals surface area (Å²) in [5.74, 6) is 1.31. The van der Waals surface area contributed by atoms with Gasteiger partial charge in [-0.3, -0.25) is 0 Å². The molecule has 0 aliphatic carbocycles. The molecule has 0 N–H and O–H groups in total. The maximum Gasteiger partial charge on any atom is -0.0178 e. The molecule has 2 aromatic rings. The zero-order valence-electron chi connectivity index (χ0n) is 12.0. The van der Waals surface area contributed by atoms with Gasteiger partial charge in [-0.2, -0.15) is 0 Å². The monoisotopic (exact) mass is 240 g/mol. The topological polar surface area (TPSA) is 0 Å². The smallest absolute Gasteiger partial charge is 0.0178 e. The summed E-state index contributed by atoms with van der Waals surface area (Å²) in [4.78, 5) is 0. The quantitative estimate of drug-likeness (QED) is 0.627. The number of benzene rings is 2. The number of rotatable bonds is 4. The highest BCUT2D eigenvalue weighted by atomic mass is 14.1. The van der Waals surface area contributed by atoms with E-state index in [0.717, 1.165) is 0 Å². The molecule has 0 amide bonds. The normalized spacial score (nSPS) is 14.7. The molecule has 0 aliphatic rings. The lowest BCUT2D eigenvalue weighted by atomic mass is 9.92. The molecule has 2 rings (SSSR count). The van der Waals surface area contributed by atoms with Gasteiger partial charge in [0.1, 0.15) is 0 Å². The third kappa shape index (κ3) is 2.58. The molecule has 0 heteroatoms. The average molecular weight is 240 g/mol. The third-order valence-electron chi connectivity index (χ3n) is 4.25. The van der Waals surface area contributed by atoms with Gasteiger partial charge in [-0.25, -0.2) is 0 Å². The summed E-state index contributed by atoms with van der Waals surface area (Å²) in [7, 11) is 0. The van der Waals surface area contributed by atoms with Crippen LogP contribution < -0.4 is 0 Å². The van der Waals surface area contributed by atoms with Crippen LogP contribution in [0.2, 0.25) is 0 Å². The van der Waals surface area contributed by atoms with Crippen LogP contribution in [0.25, 0.3) is 10.8 Å². The summed E-state index contributed by atoms with van der Waals surface area (Å²) in [5, 5.41) is 2.75. The summed E-state index contributed by atoms with van der Waals surface area (Å²) in [6, 6.07) is 13.8. The Morgan fingerprint density at radius 1 is 0.722 bits per heavy atom. The van der Waals surface area contributed by atoms with E-state index in [4.69, 9.17) is 0 Å². The first-order chi connectivity index (χ1) is 8.65. The Labute approximate surface area is 111 Å². The fraction of sp³-hybridized carbons (Fsp3) is 0.444. The SMILES string of the molecule is CCC(C)c1ccc2ccc(C(C)CC)cc2c1. The largest absolute Gasteiger partial charge is 0.0648 e. The highest BCUT2D eigenvalue weighted by molar-refractivity contribution is 5.84. The van der Waals surface area contributed by atoms with Gasteiger partial charge in [0.25, 0.3) is 0 Å². The molecule has 0 saturated heterocycles. The fourth-order valence-electron chi connectivity index (χ4n) is 2.37. The van der Waals surface area contributed by atoms with Crippen LogP contribution in [0.3, 0.4) is 0 Å². The van der Waals surface area contributed by atoms with Crippen LogP contribution in [0, 0.1) is 0 Å². The molecule has 2 atom stereocenters. The van der Waals surface area contributed by atoms with Gasteiger partial charge < -0.3 is 0 Å². The summed E-state index contributed by atoms with van der Waals surface area (Å²) >= 11 is 0. The number of hydrogen-bond acceptors (Lipinski definition) is 0. The van der Waals surface area contributed by atoms with Crippen molar-refractivity contribution in [2.24, 2.45) is 0 Å². The van der Waals surface area contributed by atoms with Crippen molar-refractivity contribution in [1.82, 2.24) is 0 Å². The van der Waals surface area contributed by atoms with Gasteiger partial charge in [0, 0.05) is 0 Å². The van der Waals surface area contributed by atoms with Crippen molar-refractivity contribution in [3.63, 3.8) is 0 Å². The van der Waals surface area contributed by atoms with Crippen molar-refractivity contribution in [2.45, 2.75) is 52.4 Å². The van der Waals surface area contributed by atoms with Gasteiger partial charge in [-0.05, 0) is 46.6 Å². The predicted molar refractivity (Wildman–Crippen MR) is 81.4 cm³/mol. The molecule has 0 aromatic heterocycles. The van der Waals surface area contributed by atoms with E-state index in [1.165, 1.54) is 34.7 Å². The fourth-order valence-corrected chi connectivity index (χ4v) is 2.37. The van der Waals surface area contributed by atoms with E-state index in [2.05, 4.69) is 64.1 Å². The first-order valence-electron chi connectivity index (χ1n) is 7.19. The van der Waals surface area contributed by atoms with Crippen molar-refractivity contribution in [3.05, 3.63) is 47.5 Å². The number of hydrogen-bond donors (Lipinski definition) is 0. The predicted octanol–water partition coefficient (Wildman–Crippen LogP) is 5.87. The molecule has 0 saturated carbocycles. The molecular weight excluding hydrogens is 216 g/mol. The van der Waals surface area contributed by atoms with Crippen LogP contribution >= 0.6 is 0 Å². The summed E-state index contributed by atoms with van der Waals surface area (Å²) in [6.45, 7) is 9.12. The Hall–Kier alpha value is -1.30. The second-order valence-corrected chi connectivity index (χ2v) is 5.48. The van der Waals surface area contributed by atoms with E-state index in [0.29, 0.717) is 11.8 Å². The molecule has 18 heavy (non-hydrogen) atoms. The van der Waals surface area contributed by atoms with E-state index in [9.17, 15) is 0 Å². The van der Waals surface area contributed by atoms with Gasteiger partial charge in [0.05, 0.1) is 0 Å². The molecular formula is C18H24. The van der Waals surface area contributed by atoms with E-state index in [1.807, 2.05) is 0 Å². The zero-order chi connectivity index (χ0) is 13.1. The minimum absolute atomic E-state index is 0.654. The van der Waals surface area contributed by atoms with Crippen LogP contribution in [0.15, 0.2) is 36.4 Å². The van der Waals surface area contributed by atoms with Crippen LogP contribution in [0.4, 0.5) is 0 Å².